The number of hydrogen-bond acceptors (Lipinski definition) is 11. The van der Waals surface area contributed by atoms with E-state index in [1.165, 1.54) is 11.0 Å². The van der Waals surface area contributed by atoms with Crippen molar-refractivity contribution >= 4 is 44.7 Å². The molecule has 308 valence electrons. The minimum atomic E-state index is -3.90. The zero-order chi connectivity index (χ0) is 39.9. The van der Waals surface area contributed by atoms with Gasteiger partial charge in [0.25, 0.3) is 5.91 Å². The Bertz CT molecular complexity index is 2020. The summed E-state index contributed by atoms with van der Waals surface area (Å²) in [6, 6.07) is 3.68. The molecule has 2 saturated heterocycles. The highest BCUT2D eigenvalue weighted by Gasteiger charge is 2.62. The van der Waals surface area contributed by atoms with E-state index in [0.29, 0.717) is 56.7 Å². The second kappa shape index (κ2) is 16.0. The van der Waals surface area contributed by atoms with Gasteiger partial charge in [-0.15, -0.1) is 6.58 Å². The van der Waals surface area contributed by atoms with Gasteiger partial charge in [0, 0.05) is 38.0 Å². The Morgan fingerprint density at radius 3 is 2.65 bits per heavy atom. The van der Waals surface area contributed by atoms with E-state index in [9.17, 15) is 27.6 Å². The SMILES string of the molecule is C=CC1C[C@]1(NC(=O)[C@@H]1C[C@@H]2CN1C(=O)[C@H](C1CCCC1)NC(=O)N1CC[C@@H](COCCCc3ccc4nc(OCC)nc(c4c3)O2)C1)C(=O)NS(=O)(=O)C1CC1. The summed E-state index contributed by atoms with van der Waals surface area (Å²) < 4.78 is 46.2. The molecular formula is C40H53N7O9S. The van der Waals surface area contributed by atoms with Gasteiger partial charge >= 0.3 is 12.0 Å². The molecule has 5 fully saturated rings. The normalized spacial score (nSPS) is 29.8. The first kappa shape index (κ1) is 39.3. The molecule has 1 unspecified atom stereocenters. The van der Waals surface area contributed by atoms with E-state index in [1.807, 2.05) is 25.1 Å². The van der Waals surface area contributed by atoms with Gasteiger partial charge < -0.3 is 34.6 Å². The largest absolute Gasteiger partial charge is 0.472 e. The summed E-state index contributed by atoms with van der Waals surface area (Å²) in [5.74, 6) is -2.08. The van der Waals surface area contributed by atoms with Crippen LogP contribution in [0, 0.1) is 17.8 Å². The molecule has 6 aliphatic rings. The predicted molar refractivity (Wildman–Crippen MR) is 208 cm³/mol. The number of aromatic nitrogens is 2. The van der Waals surface area contributed by atoms with Crippen molar-refractivity contribution in [3.8, 4) is 11.9 Å². The molecule has 2 aromatic rings. The number of aryl methyl sites for hydroxylation is 1. The maximum atomic E-state index is 14.9. The van der Waals surface area contributed by atoms with Crippen molar-refractivity contribution in [3.05, 3.63) is 36.4 Å². The number of ether oxygens (including phenoxy) is 3. The lowest BCUT2D eigenvalue weighted by molar-refractivity contribution is -0.142. The Balaban J connectivity index is 1.14. The van der Waals surface area contributed by atoms with Gasteiger partial charge in [-0.1, -0.05) is 25.0 Å². The number of fused-ring (bicyclic) bond motifs is 5. The van der Waals surface area contributed by atoms with Gasteiger partial charge in [0.05, 0.1) is 35.9 Å². The van der Waals surface area contributed by atoms with E-state index in [-0.39, 0.29) is 49.1 Å². The summed E-state index contributed by atoms with van der Waals surface area (Å²) in [5.41, 5.74) is 0.105. The van der Waals surface area contributed by atoms with Gasteiger partial charge in [-0.2, -0.15) is 9.97 Å². The molecule has 1 aromatic carbocycles. The van der Waals surface area contributed by atoms with Crippen LogP contribution in [0.25, 0.3) is 10.9 Å². The van der Waals surface area contributed by atoms with Crippen molar-refractivity contribution in [1.82, 2.24) is 35.1 Å². The van der Waals surface area contributed by atoms with E-state index < -0.39 is 62.6 Å². The molecule has 6 bridgehead atoms. The maximum absolute atomic E-state index is 14.9. The van der Waals surface area contributed by atoms with Crippen molar-refractivity contribution in [1.29, 1.82) is 0 Å². The van der Waals surface area contributed by atoms with Crippen molar-refractivity contribution < 1.29 is 41.8 Å². The lowest BCUT2D eigenvalue weighted by Crippen LogP contribution is -2.59. The van der Waals surface area contributed by atoms with Crippen LogP contribution in [0.2, 0.25) is 0 Å². The van der Waals surface area contributed by atoms with Crippen LogP contribution in [0.5, 0.6) is 11.9 Å². The molecule has 3 aliphatic heterocycles. The molecule has 3 aliphatic carbocycles. The molecule has 3 saturated carbocycles. The Morgan fingerprint density at radius 2 is 1.91 bits per heavy atom. The van der Waals surface area contributed by atoms with Gasteiger partial charge in [-0.25, -0.2) is 13.2 Å². The smallest absolute Gasteiger partial charge is 0.320 e. The van der Waals surface area contributed by atoms with Gasteiger partial charge in [0.15, 0.2) is 0 Å². The van der Waals surface area contributed by atoms with Gasteiger partial charge in [-0.3, -0.25) is 19.1 Å². The summed E-state index contributed by atoms with van der Waals surface area (Å²) in [6.07, 6.45) is 7.57. The third-order valence-corrected chi connectivity index (χ3v) is 14.3. The average Bonchev–Trinajstić information content (AvgIpc) is 3.96. The molecule has 0 spiro atoms. The highest BCUT2D eigenvalue weighted by atomic mass is 32.2. The van der Waals surface area contributed by atoms with Gasteiger partial charge in [-0.05, 0) is 81.9 Å². The number of benzene rings is 1. The second-order valence-electron chi connectivity index (χ2n) is 16.5. The van der Waals surface area contributed by atoms with Crippen molar-refractivity contribution in [2.75, 3.05) is 39.5 Å². The molecule has 6 atom stereocenters. The van der Waals surface area contributed by atoms with E-state index in [2.05, 4.69) is 31.9 Å². The number of nitrogens with one attached hydrogen (secondary N) is 3. The fourth-order valence-corrected chi connectivity index (χ4v) is 10.3. The molecule has 16 nitrogen and oxygen atoms in total. The van der Waals surface area contributed by atoms with Crippen molar-refractivity contribution in [2.24, 2.45) is 17.8 Å². The summed E-state index contributed by atoms with van der Waals surface area (Å²) in [5, 5.41) is 5.96. The zero-order valence-electron chi connectivity index (χ0n) is 32.5. The standard InChI is InChI=1S/C40H53N7O9S/c1-3-27-20-40(27,37(50)45-57(52,53)29-12-13-29)44-34(48)32-19-28-22-47(32)36(49)33(26-9-5-6-10-26)42-39(51)46-16-15-25(21-46)23-54-17-7-8-24-11-14-31-30(18-24)35(56-28)43-38(41-31)55-4-2/h3,11,14,18,25-29,32-33H,1,4-10,12-13,15-17,19-23H2,2H3,(H,42,51)(H,44,48)(H,45,50)/t25-,27?,28-,32+,33+,40-/m1/s1. The number of carbonyl (C=O) groups is 4. The second-order valence-corrected chi connectivity index (χ2v) is 18.5. The van der Waals surface area contributed by atoms with Crippen LogP contribution in [0.1, 0.15) is 76.7 Å². The summed E-state index contributed by atoms with van der Waals surface area (Å²) in [4.78, 5) is 69.3. The van der Waals surface area contributed by atoms with E-state index >= 15 is 0 Å². The first-order valence-electron chi connectivity index (χ1n) is 20.5. The van der Waals surface area contributed by atoms with Crippen LogP contribution < -0.4 is 24.8 Å². The minimum Gasteiger partial charge on any atom is -0.472 e. The first-order valence-corrected chi connectivity index (χ1v) is 22.1. The van der Waals surface area contributed by atoms with Gasteiger partial charge in [0.1, 0.15) is 23.7 Å². The average molecular weight is 808 g/mol. The van der Waals surface area contributed by atoms with E-state index in [1.54, 1.807) is 4.90 Å². The van der Waals surface area contributed by atoms with E-state index in [4.69, 9.17) is 14.2 Å². The van der Waals surface area contributed by atoms with Crippen LogP contribution in [0.4, 0.5) is 4.79 Å². The zero-order valence-corrected chi connectivity index (χ0v) is 33.3. The lowest BCUT2D eigenvalue weighted by Gasteiger charge is -2.33. The van der Waals surface area contributed by atoms with E-state index in [0.717, 1.165) is 50.5 Å². The lowest BCUT2D eigenvalue weighted by atomic mass is 9.96. The van der Waals surface area contributed by atoms with Crippen LogP contribution in [-0.4, -0.2) is 120 Å². The fraction of sp³-hybridized carbons (Fsp3) is 0.650. The fourth-order valence-electron chi connectivity index (χ4n) is 8.97. The molecule has 0 radical (unpaired) electrons. The first-order chi connectivity index (χ1) is 27.5. The Morgan fingerprint density at radius 1 is 1.11 bits per heavy atom. The number of rotatable bonds is 9. The van der Waals surface area contributed by atoms with Crippen LogP contribution in [-0.2, 0) is 35.6 Å². The predicted octanol–water partition coefficient (Wildman–Crippen LogP) is 2.60. The van der Waals surface area contributed by atoms with Crippen molar-refractivity contribution in [3.63, 3.8) is 0 Å². The molecule has 8 rings (SSSR count). The van der Waals surface area contributed by atoms with Crippen LogP contribution in [0.3, 0.4) is 0 Å². The summed E-state index contributed by atoms with van der Waals surface area (Å²) in [6.45, 7) is 8.13. The van der Waals surface area contributed by atoms with Crippen LogP contribution in [0.15, 0.2) is 30.9 Å². The molecule has 57 heavy (non-hydrogen) atoms. The maximum Gasteiger partial charge on any atom is 0.320 e. The third-order valence-electron chi connectivity index (χ3n) is 12.5. The molecule has 4 heterocycles. The molecule has 17 heteroatoms. The highest BCUT2D eigenvalue weighted by molar-refractivity contribution is 7.91. The third kappa shape index (κ3) is 8.27. The monoisotopic (exact) mass is 807 g/mol. The Kier molecular flexibility index (Phi) is 11.1. The topological polar surface area (TPSA) is 198 Å². The molecule has 1 aromatic heterocycles. The quantitative estimate of drug-likeness (QED) is 0.315. The summed E-state index contributed by atoms with van der Waals surface area (Å²) in [7, 11) is -3.90. The molecular weight excluding hydrogens is 755 g/mol. The molecule has 5 amide bonds. The molecule has 3 N–H and O–H groups in total. The Labute approximate surface area is 332 Å². The number of sulfonamides is 1. The number of hydrogen-bond donors (Lipinski definition) is 3. The number of carbonyl (C=O) groups excluding carboxylic acids is 4. The minimum absolute atomic E-state index is 0.00552. The number of urea groups is 1. The Hall–Kier alpha value is -4.51. The summed E-state index contributed by atoms with van der Waals surface area (Å²) >= 11 is 0. The number of nitrogens with zero attached hydrogens (tertiary/aromatic N) is 4. The van der Waals surface area contributed by atoms with Crippen LogP contribution >= 0.6 is 0 Å². The highest BCUT2D eigenvalue weighted by Crippen LogP contribution is 2.46. The number of amides is 5. The van der Waals surface area contributed by atoms with Gasteiger partial charge in [0.2, 0.25) is 27.7 Å². The van der Waals surface area contributed by atoms with Crippen molar-refractivity contribution in [2.45, 2.75) is 107 Å².